The number of hydrogen-bond donors (Lipinski definition) is 4. The summed E-state index contributed by atoms with van der Waals surface area (Å²) in [6.45, 7) is 1.64. The lowest BCUT2D eigenvalue weighted by molar-refractivity contribution is -0.116. The maximum atomic E-state index is 14.3. The zero-order valence-corrected chi connectivity index (χ0v) is 35.2. The Kier molecular flexibility index (Phi) is 13.8. The molecule has 0 saturated carbocycles. The highest BCUT2D eigenvalue weighted by Gasteiger charge is 2.30. The highest BCUT2D eigenvalue weighted by atomic mass is 32.2. The van der Waals surface area contributed by atoms with Gasteiger partial charge in [0.05, 0.1) is 17.6 Å². The fourth-order valence-electron chi connectivity index (χ4n) is 6.45. The molecule has 0 spiro atoms. The third-order valence-electron chi connectivity index (χ3n) is 9.55. The molecule has 62 heavy (non-hydrogen) atoms. The number of ether oxygens (including phenoxy) is 1. The highest BCUT2D eigenvalue weighted by Crippen LogP contribution is 2.40. The van der Waals surface area contributed by atoms with Gasteiger partial charge in [-0.3, -0.25) is 19.2 Å². The number of hydrogen-bond acceptors (Lipinski definition) is 8. The van der Waals surface area contributed by atoms with Gasteiger partial charge in [-0.15, -0.1) is 23.1 Å². The maximum Gasteiger partial charge on any atom is 0.341 e. The number of rotatable bonds is 14. The summed E-state index contributed by atoms with van der Waals surface area (Å²) in [5.41, 5.74) is 5.28. The Morgan fingerprint density at radius 1 is 0.629 bits per heavy atom. The van der Waals surface area contributed by atoms with E-state index in [2.05, 4.69) is 21.3 Å². The Morgan fingerprint density at radius 3 is 1.89 bits per heavy atom. The van der Waals surface area contributed by atoms with Crippen LogP contribution in [0.5, 0.6) is 0 Å². The van der Waals surface area contributed by atoms with Gasteiger partial charge in [0.1, 0.15) is 15.9 Å². The summed E-state index contributed by atoms with van der Waals surface area (Å²) in [5.74, 6) is -2.59. The number of para-hydroxylation sites is 1. The van der Waals surface area contributed by atoms with E-state index in [1.807, 2.05) is 97.1 Å². The Balaban J connectivity index is 1.13. The Bertz CT molecular complexity index is 2740. The summed E-state index contributed by atoms with van der Waals surface area (Å²) in [6, 6.07) is 51.2. The van der Waals surface area contributed by atoms with Crippen LogP contribution in [0.2, 0.25) is 0 Å². The van der Waals surface area contributed by atoms with Crippen molar-refractivity contribution in [2.24, 2.45) is 0 Å². The molecule has 0 aliphatic carbocycles. The van der Waals surface area contributed by atoms with Crippen LogP contribution in [0, 0.1) is 6.92 Å². The molecule has 1 aromatic heterocycles. The van der Waals surface area contributed by atoms with Crippen molar-refractivity contribution in [1.82, 2.24) is 5.32 Å². The van der Waals surface area contributed by atoms with Gasteiger partial charge in [0.15, 0.2) is 0 Å². The monoisotopic (exact) mass is 856 g/mol. The quantitative estimate of drug-likeness (QED) is 0.0484. The van der Waals surface area contributed by atoms with Crippen LogP contribution in [0.4, 0.5) is 16.4 Å². The number of methoxy groups -OCH3 is 1. The van der Waals surface area contributed by atoms with Crippen molar-refractivity contribution in [3.8, 4) is 11.1 Å². The number of esters is 1. The molecule has 10 nitrogen and oxygen atoms in total. The number of carbonyl (C=O) groups is 5. The van der Waals surface area contributed by atoms with Gasteiger partial charge in [0.2, 0.25) is 5.91 Å². The molecule has 4 amide bonds. The summed E-state index contributed by atoms with van der Waals surface area (Å²) in [4.78, 5) is 69.0. The third kappa shape index (κ3) is 10.6. The number of benzene rings is 6. The molecule has 0 bridgehead atoms. The van der Waals surface area contributed by atoms with Crippen LogP contribution in [0.3, 0.4) is 0 Å². The first-order chi connectivity index (χ1) is 30.2. The fraction of sp³-hybridized carbons (Fsp3) is 0.0600. The van der Waals surface area contributed by atoms with E-state index in [1.54, 1.807) is 85.8 Å². The molecule has 0 radical (unpaired) electrons. The molecule has 1 atom stereocenters. The molecule has 0 aliphatic rings. The van der Waals surface area contributed by atoms with Crippen LogP contribution >= 0.6 is 23.1 Å². The Labute approximate surface area is 367 Å². The second kappa shape index (κ2) is 20.1. The van der Waals surface area contributed by atoms with Crippen LogP contribution in [-0.4, -0.2) is 36.7 Å². The normalized spacial score (nSPS) is 11.5. The smallest absolute Gasteiger partial charge is 0.341 e. The minimum Gasteiger partial charge on any atom is -0.465 e. The number of amides is 4. The topological polar surface area (TPSA) is 143 Å². The molecule has 1 unspecified atom stereocenters. The lowest BCUT2D eigenvalue weighted by Crippen LogP contribution is -2.30. The van der Waals surface area contributed by atoms with Gasteiger partial charge in [-0.1, -0.05) is 127 Å². The third-order valence-corrected chi connectivity index (χ3v) is 12.0. The van der Waals surface area contributed by atoms with Gasteiger partial charge in [-0.25, -0.2) is 4.79 Å². The van der Waals surface area contributed by atoms with Crippen molar-refractivity contribution in [2.75, 3.05) is 23.1 Å². The van der Waals surface area contributed by atoms with Crippen LogP contribution < -0.4 is 21.3 Å². The largest absolute Gasteiger partial charge is 0.465 e. The zero-order chi connectivity index (χ0) is 43.4. The van der Waals surface area contributed by atoms with Gasteiger partial charge in [0, 0.05) is 21.8 Å². The number of thioether (sulfide) groups is 1. The van der Waals surface area contributed by atoms with E-state index in [1.165, 1.54) is 18.9 Å². The van der Waals surface area contributed by atoms with E-state index in [0.717, 1.165) is 22.5 Å². The van der Waals surface area contributed by atoms with E-state index < -0.39 is 34.8 Å². The summed E-state index contributed by atoms with van der Waals surface area (Å²) in [6.07, 6.45) is 1.62. The van der Waals surface area contributed by atoms with Gasteiger partial charge in [-0.05, 0) is 83.3 Å². The van der Waals surface area contributed by atoms with Crippen molar-refractivity contribution in [3.05, 3.63) is 208 Å². The van der Waals surface area contributed by atoms with E-state index in [9.17, 15) is 24.0 Å². The van der Waals surface area contributed by atoms with Crippen LogP contribution in [0.1, 0.15) is 52.3 Å². The molecule has 7 aromatic rings. The first-order valence-corrected chi connectivity index (χ1v) is 21.1. The number of anilines is 3. The lowest BCUT2D eigenvalue weighted by Gasteiger charge is -2.18. The number of thiophene rings is 1. The molecule has 0 saturated heterocycles. The first kappa shape index (κ1) is 42.6. The standard InChI is InChI=1S/C50H40N4O6S2/c1-32-42(50(59)60-2)49(62-43(32)47(57)51-38-22-13-6-14-23-38)54-48(58)44(36-18-9-4-10-19-36)61-40-25-15-24-39(31-40)52-46(56)41(53-45(55)37-20-11-5-12-21-37)30-33-26-28-35(29-27-33)34-16-7-3-8-17-34/h3-31,44H,1-2H3,(H,51,57)(H,52,56)(H,53,55)(H,54,58)/b41-30+. The average Bonchev–Trinajstić information content (AvgIpc) is 3.64. The van der Waals surface area contributed by atoms with Crippen molar-refractivity contribution >= 4 is 75.1 Å². The molecule has 6 aromatic carbocycles. The van der Waals surface area contributed by atoms with Crippen LogP contribution in [0.15, 0.2) is 180 Å². The second-order valence-corrected chi connectivity index (χ2v) is 16.0. The van der Waals surface area contributed by atoms with Crippen molar-refractivity contribution in [1.29, 1.82) is 0 Å². The molecule has 7 rings (SSSR count). The maximum absolute atomic E-state index is 14.3. The lowest BCUT2D eigenvalue weighted by atomic mass is 10.0. The molecule has 4 N–H and O–H groups in total. The molecule has 0 fully saturated rings. The van der Waals surface area contributed by atoms with Crippen molar-refractivity contribution in [3.63, 3.8) is 0 Å². The summed E-state index contributed by atoms with van der Waals surface area (Å²) in [5, 5.41) is 10.8. The SMILES string of the molecule is COC(=O)c1c(NC(=O)C(Sc2cccc(NC(=O)/C(=C\c3ccc(-c4ccccc4)cc3)NC(=O)c3ccccc3)c2)c2ccccc2)sc(C(=O)Nc2ccccc2)c1C. The van der Waals surface area contributed by atoms with Gasteiger partial charge in [0.25, 0.3) is 17.7 Å². The highest BCUT2D eigenvalue weighted by molar-refractivity contribution is 8.00. The minimum atomic E-state index is -0.837. The van der Waals surface area contributed by atoms with Crippen LogP contribution in [0.25, 0.3) is 17.2 Å². The zero-order valence-electron chi connectivity index (χ0n) is 33.6. The second-order valence-electron chi connectivity index (χ2n) is 13.8. The Hall–Kier alpha value is -7.54. The summed E-state index contributed by atoms with van der Waals surface area (Å²) < 4.78 is 5.07. The fourth-order valence-corrected chi connectivity index (χ4v) is 8.62. The van der Waals surface area contributed by atoms with Gasteiger partial charge >= 0.3 is 5.97 Å². The average molecular weight is 857 g/mol. The summed E-state index contributed by atoms with van der Waals surface area (Å²) in [7, 11) is 1.24. The van der Waals surface area contributed by atoms with E-state index in [-0.39, 0.29) is 21.1 Å². The Morgan fingerprint density at radius 2 is 1.23 bits per heavy atom. The molecule has 12 heteroatoms. The molecule has 308 valence electrons. The van der Waals surface area contributed by atoms with E-state index >= 15 is 0 Å². The van der Waals surface area contributed by atoms with Gasteiger partial charge < -0.3 is 26.0 Å². The molecular weight excluding hydrogens is 817 g/mol. The van der Waals surface area contributed by atoms with E-state index in [4.69, 9.17) is 4.74 Å². The van der Waals surface area contributed by atoms with Crippen molar-refractivity contribution in [2.45, 2.75) is 17.1 Å². The van der Waals surface area contributed by atoms with Crippen LogP contribution in [-0.2, 0) is 14.3 Å². The van der Waals surface area contributed by atoms with E-state index in [0.29, 0.717) is 38.5 Å². The molecule has 0 aliphatic heterocycles. The predicted octanol–water partition coefficient (Wildman–Crippen LogP) is 10.6. The summed E-state index contributed by atoms with van der Waals surface area (Å²) >= 11 is 2.21. The minimum absolute atomic E-state index is 0.0235. The van der Waals surface area contributed by atoms with Crippen molar-refractivity contribution < 1.29 is 28.7 Å². The molecular formula is C50H40N4O6S2. The number of carbonyl (C=O) groups excluding carboxylic acids is 5. The first-order valence-electron chi connectivity index (χ1n) is 19.4. The number of nitrogens with one attached hydrogen (secondary N) is 4. The van der Waals surface area contributed by atoms with Gasteiger partial charge in [-0.2, -0.15) is 0 Å². The molecule has 1 heterocycles. The predicted molar refractivity (Wildman–Crippen MR) is 247 cm³/mol.